The van der Waals surface area contributed by atoms with Crippen molar-refractivity contribution in [3.8, 4) is 17.0 Å². The molecule has 1 heterocycles. The minimum absolute atomic E-state index is 0.178. The van der Waals surface area contributed by atoms with Gasteiger partial charge in [-0.2, -0.15) is 0 Å². The van der Waals surface area contributed by atoms with Gasteiger partial charge in [0.2, 0.25) is 5.91 Å². The van der Waals surface area contributed by atoms with Crippen LogP contribution in [0.3, 0.4) is 0 Å². The van der Waals surface area contributed by atoms with E-state index in [2.05, 4.69) is 15.6 Å². The highest BCUT2D eigenvalue weighted by Crippen LogP contribution is 2.30. The van der Waals surface area contributed by atoms with Crippen molar-refractivity contribution in [2.75, 3.05) is 17.7 Å². The van der Waals surface area contributed by atoms with E-state index in [0.717, 1.165) is 21.9 Å². The first-order valence-corrected chi connectivity index (χ1v) is 12.4. The number of ether oxygens (including phenoxy) is 1. The number of anilines is 2. The van der Waals surface area contributed by atoms with E-state index in [1.807, 2.05) is 35.7 Å². The maximum Gasteiger partial charge on any atom is 0.255 e. The van der Waals surface area contributed by atoms with Gasteiger partial charge in [0.1, 0.15) is 11.6 Å². The summed E-state index contributed by atoms with van der Waals surface area (Å²) in [6.45, 7) is 1.81. The molecule has 0 fully saturated rings. The van der Waals surface area contributed by atoms with E-state index in [9.17, 15) is 14.0 Å². The molecule has 6 nitrogen and oxygen atoms in total. The highest BCUT2D eigenvalue weighted by Gasteiger charge is 2.17. The Morgan fingerprint density at radius 1 is 1.03 bits per heavy atom. The first-order chi connectivity index (χ1) is 16.9. The number of aromatic nitrogens is 1. The van der Waals surface area contributed by atoms with E-state index in [0.29, 0.717) is 16.4 Å². The Kier molecular flexibility index (Phi) is 7.79. The van der Waals surface area contributed by atoms with Crippen molar-refractivity contribution in [1.29, 1.82) is 0 Å². The van der Waals surface area contributed by atoms with Crippen LogP contribution in [-0.4, -0.2) is 29.2 Å². The molecule has 0 aliphatic rings. The Morgan fingerprint density at radius 2 is 1.80 bits per heavy atom. The molecule has 3 aromatic carbocycles. The lowest BCUT2D eigenvalue weighted by Crippen LogP contribution is -2.22. The number of halogens is 1. The molecule has 4 rings (SSSR count). The van der Waals surface area contributed by atoms with Gasteiger partial charge in [0.05, 0.1) is 18.1 Å². The van der Waals surface area contributed by atoms with Crippen LogP contribution in [0.2, 0.25) is 0 Å². The van der Waals surface area contributed by atoms with Crippen molar-refractivity contribution >= 4 is 45.7 Å². The quantitative estimate of drug-likeness (QED) is 0.273. The molecule has 2 amide bonds. The summed E-state index contributed by atoms with van der Waals surface area (Å²) in [7, 11) is 1.61. The number of thioether (sulfide) groups is 1. The molecule has 0 spiro atoms. The second kappa shape index (κ2) is 11.2. The van der Waals surface area contributed by atoms with Gasteiger partial charge in [0, 0.05) is 27.1 Å². The zero-order valence-corrected chi connectivity index (χ0v) is 20.6. The normalized spacial score (nSPS) is 11.5. The molecule has 0 saturated carbocycles. The van der Waals surface area contributed by atoms with Crippen LogP contribution in [-0.2, 0) is 4.79 Å². The van der Waals surface area contributed by atoms with Crippen LogP contribution in [0.5, 0.6) is 5.75 Å². The summed E-state index contributed by atoms with van der Waals surface area (Å²) in [6.07, 6.45) is 0. The summed E-state index contributed by atoms with van der Waals surface area (Å²) in [5.41, 5.74) is 2.60. The number of amides is 2. The Hall–Kier alpha value is -3.69. The van der Waals surface area contributed by atoms with E-state index in [4.69, 9.17) is 4.74 Å². The fourth-order valence-electron chi connectivity index (χ4n) is 3.16. The number of benzene rings is 3. The Labute approximate surface area is 210 Å². The minimum Gasteiger partial charge on any atom is -0.497 e. The number of methoxy groups -OCH3 is 1. The Bertz CT molecular complexity index is 1340. The van der Waals surface area contributed by atoms with Crippen LogP contribution in [0.1, 0.15) is 17.3 Å². The van der Waals surface area contributed by atoms with Gasteiger partial charge in [-0.15, -0.1) is 23.1 Å². The maximum atomic E-state index is 13.1. The van der Waals surface area contributed by atoms with Crippen molar-refractivity contribution in [3.63, 3.8) is 0 Å². The smallest absolute Gasteiger partial charge is 0.255 e. The van der Waals surface area contributed by atoms with Crippen LogP contribution >= 0.6 is 23.1 Å². The van der Waals surface area contributed by atoms with E-state index >= 15 is 0 Å². The molecule has 0 bridgehead atoms. The van der Waals surface area contributed by atoms with Crippen LogP contribution in [0.4, 0.5) is 15.2 Å². The van der Waals surface area contributed by atoms with Gasteiger partial charge >= 0.3 is 0 Å². The van der Waals surface area contributed by atoms with Gasteiger partial charge in [-0.25, -0.2) is 9.37 Å². The van der Waals surface area contributed by atoms with Gasteiger partial charge < -0.3 is 15.4 Å². The van der Waals surface area contributed by atoms with Gasteiger partial charge in [-0.1, -0.05) is 18.2 Å². The van der Waals surface area contributed by atoms with E-state index in [-0.39, 0.29) is 11.8 Å². The lowest BCUT2D eigenvalue weighted by atomic mass is 10.2. The average Bonchev–Trinajstić information content (AvgIpc) is 3.33. The second-order valence-corrected chi connectivity index (χ2v) is 9.78. The van der Waals surface area contributed by atoms with Crippen molar-refractivity contribution in [2.24, 2.45) is 0 Å². The highest BCUT2D eigenvalue weighted by molar-refractivity contribution is 8.00. The van der Waals surface area contributed by atoms with Crippen LogP contribution in [0.25, 0.3) is 11.3 Å². The molecule has 0 aliphatic carbocycles. The molecular weight excluding hydrogens is 485 g/mol. The van der Waals surface area contributed by atoms with Crippen LogP contribution in [0.15, 0.2) is 83.1 Å². The summed E-state index contributed by atoms with van der Waals surface area (Å²) < 4.78 is 18.3. The molecule has 1 aromatic heterocycles. The van der Waals surface area contributed by atoms with Gasteiger partial charge in [0.15, 0.2) is 5.13 Å². The van der Waals surface area contributed by atoms with Crippen molar-refractivity contribution in [2.45, 2.75) is 17.1 Å². The van der Waals surface area contributed by atoms with E-state index in [1.165, 1.54) is 47.4 Å². The fraction of sp³-hybridized carbons (Fsp3) is 0.115. The van der Waals surface area contributed by atoms with Gasteiger partial charge in [-0.3, -0.25) is 9.59 Å². The Morgan fingerprint density at radius 3 is 2.57 bits per heavy atom. The number of carbonyl (C=O) groups is 2. The van der Waals surface area contributed by atoms with Gasteiger partial charge in [0.25, 0.3) is 5.91 Å². The monoisotopic (exact) mass is 507 g/mol. The molecule has 2 N–H and O–H groups in total. The summed E-state index contributed by atoms with van der Waals surface area (Å²) in [4.78, 5) is 30.5. The van der Waals surface area contributed by atoms with E-state index in [1.54, 1.807) is 32.2 Å². The molecule has 0 aliphatic heterocycles. The maximum absolute atomic E-state index is 13.1. The summed E-state index contributed by atoms with van der Waals surface area (Å²) >= 11 is 2.72. The number of hydrogen-bond donors (Lipinski definition) is 2. The number of nitrogens with zero attached hydrogens (tertiary/aromatic N) is 1. The number of carbonyl (C=O) groups excluding carboxylic acids is 2. The fourth-order valence-corrected chi connectivity index (χ4v) is 4.81. The largest absolute Gasteiger partial charge is 0.497 e. The van der Waals surface area contributed by atoms with Crippen molar-refractivity contribution in [1.82, 2.24) is 4.98 Å². The first-order valence-electron chi connectivity index (χ1n) is 10.7. The molecule has 0 saturated heterocycles. The molecule has 1 atom stereocenters. The van der Waals surface area contributed by atoms with Gasteiger partial charge in [-0.05, 0) is 61.5 Å². The molecule has 178 valence electrons. The average molecular weight is 508 g/mol. The molecule has 1 unspecified atom stereocenters. The lowest BCUT2D eigenvalue weighted by Gasteiger charge is -2.12. The zero-order valence-electron chi connectivity index (χ0n) is 18.9. The highest BCUT2D eigenvalue weighted by atomic mass is 32.2. The summed E-state index contributed by atoms with van der Waals surface area (Å²) in [5, 5.41) is 7.66. The van der Waals surface area contributed by atoms with Crippen LogP contribution in [0, 0.1) is 5.82 Å². The third-order valence-electron chi connectivity index (χ3n) is 4.98. The second-order valence-electron chi connectivity index (χ2n) is 7.51. The molecule has 9 heteroatoms. The van der Waals surface area contributed by atoms with Crippen molar-refractivity contribution in [3.05, 3.63) is 89.6 Å². The number of nitrogens with one attached hydrogen (secondary N) is 2. The SMILES string of the molecule is COc1cccc(-c2csc(NC(=O)C(C)Sc3cccc(NC(=O)c4ccc(F)cc4)c3)n2)c1. The van der Waals surface area contributed by atoms with Crippen molar-refractivity contribution < 1.29 is 18.7 Å². The van der Waals surface area contributed by atoms with E-state index < -0.39 is 11.1 Å². The topological polar surface area (TPSA) is 80.3 Å². The zero-order chi connectivity index (χ0) is 24.8. The minimum atomic E-state index is -0.401. The molecular formula is C26H22FN3O3S2. The molecule has 0 radical (unpaired) electrons. The number of rotatable bonds is 8. The lowest BCUT2D eigenvalue weighted by molar-refractivity contribution is -0.115. The van der Waals surface area contributed by atoms with Crippen LogP contribution < -0.4 is 15.4 Å². The molecule has 35 heavy (non-hydrogen) atoms. The third kappa shape index (κ3) is 6.46. The Balaban J connectivity index is 1.36. The first kappa shape index (κ1) is 24.4. The number of thiazole rings is 1. The standard InChI is InChI=1S/C26H22FN3O3S2/c1-16(24(31)30-26-29-23(15-34-26)18-5-3-7-21(13-18)33-2)35-22-8-4-6-20(14-22)28-25(32)17-9-11-19(27)12-10-17/h3-16H,1-2H3,(H,28,32)(H,29,30,31). The summed E-state index contributed by atoms with van der Waals surface area (Å²) in [5.74, 6) is -0.181. The third-order valence-corrected chi connectivity index (χ3v) is 6.83. The summed E-state index contributed by atoms with van der Waals surface area (Å²) in [6, 6.07) is 20.1. The predicted molar refractivity (Wildman–Crippen MR) is 139 cm³/mol. The molecule has 4 aromatic rings. The number of hydrogen-bond acceptors (Lipinski definition) is 6. The predicted octanol–water partition coefficient (Wildman–Crippen LogP) is 6.33.